The van der Waals surface area contributed by atoms with Crippen LogP contribution in [-0.4, -0.2) is 0 Å². The Morgan fingerprint density at radius 1 is 0.933 bits per heavy atom. The lowest BCUT2D eigenvalue weighted by molar-refractivity contribution is 0.536. The third-order valence-electron chi connectivity index (χ3n) is 2.88. The molecular formula is C15H30. The summed E-state index contributed by atoms with van der Waals surface area (Å²) >= 11 is 0. The Morgan fingerprint density at radius 2 is 1.47 bits per heavy atom. The maximum absolute atomic E-state index is 2.40. The van der Waals surface area contributed by atoms with Gasteiger partial charge in [0, 0.05) is 0 Å². The highest BCUT2D eigenvalue weighted by Crippen LogP contribution is 2.14. The average Bonchev–Trinajstić information content (AvgIpc) is 2.15. The van der Waals surface area contributed by atoms with Crippen molar-refractivity contribution in [1.29, 1.82) is 0 Å². The van der Waals surface area contributed by atoms with E-state index in [1.807, 2.05) is 0 Å². The maximum Gasteiger partial charge on any atom is -0.0259 e. The van der Waals surface area contributed by atoms with Gasteiger partial charge in [0.15, 0.2) is 0 Å². The third-order valence-corrected chi connectivity index (χ3v) is 2.88. The highest BCUT2D eigenvalue weighted by molar-refractivity contribution is 4.95. The van der Waals surface area contributed by atoms with Crippen LogP contribution in [0.25, 0.3) is 0 Å². The Hall–Kier alpha value is -0.260. The highest BCUT2D eigenvalue weighted by atomic mass is 14.0. The van der Waals surface area contributed by atoms with Gasteiger partial charge in [0.1, 0.15) is 0 Å². The Labute approximate surface area is 97.2 Å². The van der Waals surface area contributed by atoms with E-state index >= 15 is 0 Å². The molecule has 1 unspecified atom stereocenters. The Bertz CT molecular complexity index is 151. The van der Waals surface area contributed by atoms with Gasteiger partial charge >= 0.3 is 0 Å². The van der Waals surface area contributed by atoms with E-state index in [0.717, 1.165) is 5.92 Å². The molecule has 0 aromatic heterocycles. The summed E-state index contributed by atoms with van der Waals surface area (Å²) in [6.45, 7) is 9.01. The molecule has 0 nitrogen and oxygen atoms in total. The van der Waals surface area contributed by atoms with E-state index in [9.17, 15) is 0 Å². The zero-order valence-electron chi connectivity index (χ0n) is 11.3. The zero-order valence-corrected chi connectivity index (χ0v) is 11.3. The highest BCUT2D eigenvalue weighted by Gasteiger charge is 1.97. The molecule has 0 N–H and O–H groups in total. The summed E-state index contributed by atoms with van der Waals surface area (Å²) in [6, 6.07) is 0. The minimum Gasteiger partial charge on any atom is -0.0830 e. The van der Waals surface area contributed by atoms with Crippen molar-refractivity contribution in [1.82, 2.24) is 0 Å². The molecule has 0 aliphatic carbocycles. The number of unbranched alkanes of at least 4 members (excludes halogenated alkanes) is 6. The van der Waals surface area contributed by atoms with Crippen LogP contribution < -0.4 is 0 Å². The molecule has 0 spiro atoms. The minimum atomic E-state index is 0.783. The van der Waals surface area contributed by atoms with Crippen molar-refractivity contribution in [2.24, 2.45) is 5.92 Å². The normalized spacial score (nSPS) is 12.5. The van der Waals surface area contributed by atoms with Crippen LogP contribution in [0.2, 0.25) is 0 Å². The van der Waals surface area contributed by atoms with Gasteiger partial charge in [0.2, 0.25) is 0 Å². The second-order valence-corrected chi connectivity index (χ2v) is 5.13. The van der Waals surface area contributed by atoms with Gasteiger partial charge in [-0.05, 0) is 26.2 Å². The summed E-state index contributed by atoms with van der Waals surface area (Å²) < 4.78 is 0. The molecule has 0 aromatic carbocycles. The van der Waals surface area contributed by atoms with Crippen molar-refractivity contribution < 1.29 is 0 Å². The molecule has 0 saturated carbocycles. The van der Waals surface area contributed by atoms with Crippen LogP contribution in [-0.2, 0) is 0 Å². The van der Waals surface area contributed by atoms with Crippen LogP contribution in [0.5, 0.6) is 0 Å². The Balaban J connectivity index is 3.20. The molecule has 0 amide bonds. The van der Waals surface area contributed by atoms with E-state index < -0.39 is 0 Å². The standard InChI is InChI=1S/C15H30/c1-5-6-7-8-9-10-11-12-15(4)13-14(2)3/h13,15H,5-12H2,1-4H3. The molecule has 0 heterocycles. The largest absolute Gasteiger partial charge is 0.0830 e. The quantitative estimate of drug-likeness (QED) is 0.337. The first kappa shape index (κ1) is 14.7. The maximum atomic E-state index is 2.40. The molecule has 0 aromatic rings. The van der Waals surface area contributed by atoms with Gasteiger partial charge in [-0.2, -0.15) is 0 Å². The van der Waals surface area contributed by atoms with Crippen molar-refractivity contribution in [3.05, 3.63) is 11.6 Å². The number of allylic oxidation sites excluding steroid dienone is 2. The summed E-state index contributed by atoms with van der Waals surface area (Å²) in [6.07, 6.45) is 13.7. The second-order valence-electron chi connectivity index (χ2n) is 5.13. The van der Waals surface area contributed by atoms with E-state index in [1.165, 1.54) is 56.9 Å². The summed E-state index contributed by atoms with van der Waals surface area (Å²) in [5, 5.41) is 0. The van der Waals surface area contributed by atoms with Gasteiger partial charge in [0.25, 0.3) is 0 Å². The van der Waals surface area contributed by atoms with E-state index in [0.29, 0.717) is 0 Å². The van der Waals surface area contributed by atoms with Gasteiger partial charge in [-0.1, -0.05) is 70.4 Å². The molecule has 0 bridgehead atoms. The van der Waals surface area contributed by atoms with Crippen molar-refractivity contribution in [3.63, 3.8) is 0 Å². The van der Waals surface area contributed by atoms with Gasteiger partial charge in [-0.15, -0.1) is 0 Å². The lowest BCUT2D eigenvalue weighted by Gasteiger charge is -2.06. The summed E-state index contributed by atoms with van der Waals surface area (Å²) in [4.78, 5) is 0. The molecule has 90 valence electrons. The van der Waals surface area contributed by atoms with Gasteiger partial charge in [-0.25, -0.2) is 0 Å². The fourth-order valence-electron chi connectivity index (χ4n) is 2.08. The van der Waals surface area contributed by atoms with Crippen LogP contribution in [0.1, 0.15) is 79.1 Å². The Kier molecular flexibility index (Phi) is 10.1. The summed E-state index contributed by atoms with van der Waals surface area (Å²) in [7, 11) is 0. The number of hydrogen-bond acceptors (Lipinski definition) is 0. The van der Waals surface area contributed by atoms with E-state index in [2.05, 4.69) is 33.8 Å². The third kappa shape index (κ3) is 11.7. The number of hydrogen-bond donors (Lipinski definition) is 0. The van der Waals surface area contributed by atoms with Crippen molar-refractivity contribution >= 4 is 0 Å². The van der Waals surface area contributed by atoms with Crippen LogP contribution in [0.15, 0.2) is 11.6 Å². The van der Waals surface area contributed by atoms with Crippen LogP contribution >= 0.6 is 0 Å². The van der Waals surface area contributed by atoms with Gasteiger partial charge < -0.3 is 0 Å². The first-order valence-corrected chi connectivity index (χ1v) is 6.81. The molecule has 0 aliphatic heterocycles. The molecule has 0 radical (unpaired) electrons. The van der Waals surface area contributed by atoms with Crippen molar-refractivity contribution in [3.8, 4) is 0 Å². The molecule has 0 rings (SSSR count). The lowest BCUT2D eigenvalue weighted by atomic mass is 10.00. The number of rotatable bonds is 9. The Morgan fingerprint density at radius 3 is 2.00 bits per heavy atom. The average molecular weight is 210 g/mol. The monoisotopic (exact) mass is 210 g/mol. The fraction of sp³-hybridized carbons (Fsp3) is 0.867. The van der Waals surface area contributed by atoms with Gasteiger partial charge in [0.05, 0.1) is 0 Å². The first-order valence-electron chi connectivity index (χ1n) is 6.81. The SMILES string of the molecule is CCCCCCCCCC(C)C=C(C)C. The fourth-order valence-corrected chi connectivity index (χ4v) is 2.08. The molecule has 0 heteroatoms. The van der Waals surface area contributed by atoms with Gasteiger partial charge in [-0.3, -0.25) is 0 Å². The van der Waals surface area contributed by atoms with Crippen LogP contribution in [0.3, 0.4) is 0 Å². The predicted octanol–water partition coefficient (Wildman–Crippen LogP) is 5.73. The van der Waals surface area contributed by atoms with Crippen LogP contribution in [0, 0.1) is 5.92 Å². The minimum absolute atomic E-state index is 0.783. The van der Waals surface area contributed by atoms with Crippen molar-refractivity contribution in [2.75, 3.05) is 0 Å². The smallest absolute Gasteiger partial charge is 0.0259 e. The molecular weight excluding hydrogens is 180 g/mol. The molecule has 1 atom stereocenters. The van der Waals surface area contributed by atoms with E-state index in [-0.39, 0.29) is 0 Å². The van der Waals surface area contributed by atoms with E-state index in [1.54, 1.807) is 0 Å². The topological polar surface area (TPSA) is 0 Å². The predicted molar refractivity (Wildman–Crippen MR) is 71.2 cm³/mol. The van der Waals surface area contributed by atoms with Crippen LogP contribution in [0.4, 0.5) is 0 Å². The van der Waals surface area contributed by atoms with E-state index in [4.69, 9.17) is 0 Å². The van der Waals surface area contributed by atoms with Crippen molar-refractivity contribution in [2.45, 2.75) is 79.1 Å². The molecule has 0 aliphatic rings. The summed E-state index contributed by atoms with van der Waals surface area (Å²) in [5.74, 6) is 0.783. The lowest BCUT2D eigenvalue weighted by Crippen LogP contribution is -1.91. The first-order chi connectivity index (χ1) is 7.16. The summed E-state index contributed by atoms with van der Waals surface area (Å²) in [5.41, 5.74) is 1.46. The molecule has 0 saturated heterocycles. The zero-order chi connectivity index (χ0) is 11.5. The second kappa shape index (κ2) is 10.3. The molecule has 15 heavy (non-hydrogen) atoms. The molecule has 0 fully saturated rings.